The van der Waals surface area contributed by atoms with Gasteiger partial charge >= 0.3 is 0 Å². The lowest BCUT2D eigenvalue weighted by Gasteiger charge is -2.26. The van der Waals surface area contributed by atoms with Gasteiger partial charge in [0.25, 0.3) is 0 Å². The van der Waals surface area contributed by atoms with Gasteiger partial charge in [0.2, 0.25) is 0 Å². The maximum Gasteiger partial charge on any atom is 0.0462 e. The van der Waals surface area contributed by atoms with E-state index >= 15 is 0 Å². The molecule has 0 heterocycles. The van der Waals surface area contributed by atoms with Crippen LogP contribution in [0.3, 0.4) is 0 Å². The lowest BCUT2D eigenvalue weighted by Crippen LogP contribution is -2.35. The first-order valence-corrected chi connectivity index (χ1v) is 4.23. The summed E-state index contributed by atoms with van der Waals surface area (Å²) in [5.41, 5.74) is 6.17. The second-order valence-electron chi connectivity index (χ2n) is 4.11. The smallest absolute Gasteiger partial charge is 0.0462 e. The monoisotopic (exact) mass is 159 g/mol. The molecule has 0 fully saturated rings. The highest BCUT2D eigenvalue weighted by Gasteiger charge is 2.19. The minimum absolute atomic E-state index is 0.230. The summed E-state index contributed by atoms with van der Waals surface area (Å²) < 4.78 is 4.95. The van der Waals surface area contributed by atoms with Crippen molar-refractivity contribution in [2.75, 3.05) is 13.7 Å². The first-order valence-electron chi connectivity index (χ1n) is 4.23. The number of hydrogen-bond donors (Lipinski definition) is 1. The molecule has 0 unspecified atom stereocenters. The molecule has 0 saturated carbocycles. The van der Waals surface area contributed by atoms with Crippen LogP contribution in [0.4, 0.5) is 0 Å². The Labute approximate surface area is 70.1 Å². The van der Waals surface area contributed by atoms with Gasteiger partial charge in [-0.15, -0.1) is 0 Å². The highest BCUT2D eigenvalue weighted by Crippen LogP contribution is 2.20. The molecule has 2 nitrogen and oxygen atoms in total. The summed E-state index contributed by atoms with van der Waals surface area (Å²) in [6, 6.07) is 0.289. The summed E-state index contributed by atoms with van der Waals surface area (Å²) in [5.74, 6) is 0. The van der Waals surface area contributed by atoms with Crippen molar-refractivity contribution in [3.05, 3.63) is 0 Å². The fourth-order valence-corrected chi connectivity index (χ4v) is 0.881. The van der Waals surface area contributed by atoms with E-state index in [2.05, 4.69) is 20.8 Å². The Morgan fingerprint density at radius 1 is 1.36 bits per heavy atom. The number of hydrogen-bond acceptors (Lipinski definition) is 2. The van der Waals surface area contributed by atoms with E-state index in [-0.39, 0.29) is 11.5 Å². The van der Waals surface area contributed by atoms with Gasteiger partial charge < -0.3 is 10.5 Å². The molecule has 0 aliphatic heterocycles. The Hall–Kier alpha value is -0.0800. The average molecular weight is 159 g/mol. The minimum Gasteiger partial charge on any atom is -0.385 e. The Morgan fingerprint density at radius 3 is 2.27 bits per heavy atom. The van der Waals surface area contributed by atoms with Crippen LogP contribution in [-0.4, -0.2) is 19.8 Å². The van der Waals surface area contributed by atoms with Crippen LogP contribution in [0.2, 0.25) is 0 Å². The van der Waals surface area contributed by atoms with Crippen LogP contribution in [0.15, 0.2) is 0 Å². The third kappa shape index (κ3) is 5.22. The second-order valence-corrected chi connectivity index (χ2v) is 4.11. The van der Waals surface area contributed by atoms with E-state index < -0.39 is 0 Å². The Kier molecular flexibility index (Phi) is 4.69. The van der Waals surface area contributed by atoms with E-state index in [1.165, 1.54) is 0 Å². The van der Waals surface area contributed by atoms with Crippen LogP contribution in [0.1, 0.15) is 33.6 Å². The van der Waals surface area contributed by atoms with Crippen LogP contribution in [0.25, 0.3) is 0 Å². The van der Waals surface area contributed by atoms with Crippen molar-refractivity contribution >= 4 is 0 Å². The zero-order valence-electron chi connectivity index (χ0n) is 8.18. The highest BCUT2D eigenvalue weighted by atomic mass is 16.5. The fraction of sp³-hybridized carbons (Fsp3) is 1.00. The van der Waals surface area contributed by atoms with Gasteiger partial charge in [-0.25, -0.2) is 0 Å². The van der Waals surface area contributed by atoms with Crippen molar-refractivity contribution in [2.24, 2.45) is 11.1 Å². The van der Waals surface area contributed by atoms with Gasteiger partial charge in [0, 0.05) is 19.8 Å². The van der Waals surface area contributed by atoms with E-state index in [1.807, 2.05) is 0 Å². The summed E-state index contributed by atoms with van der Waals surface area (Å²) in [4.78, 5) is 0. The molecule has 0 aromatic heterocycles. The molecular formula is C9H21NO. The molecule has 0 aliphatic rings. The fourth-order valence-electron chi connectivity index (χ4n) is 0.881. The molecule has 0 aliphatic carbocycles. The van der Waals surface area contributed by atoms with E-state index in [0.717, 1.165) is 19.4 Å². The predicted molar refractivity (Wildman–Crippen MR) is 48.5 cm³/mol. The third-order valence-corrected chi connectivity index (χ3v) is 1.98. The van der Waals surface area contributed by atoms with Crippen molar-refractivity contribution in [3.8, 4) is 0 Å². The molecule has 0 radical (unpaired) electrons. The minimum atomic E-state index is 0.230. The van der Waals surface area contributed by atoms with E-state index in [1.54, 1.807) is 7.11 Å². The van der Waals surface area contributed by atoms with Gasteiger partial charge in [0.15, 0.2) is 0 Å². The molecule has 11 heavy (non-hydrogen) atoms. The van der Waals surface area contributed by atoms with Crippen LogP contribution in [0.5, 0.6) is 0 Å². The maximum atomic E-state index is 5.94. The van der Waals surface area contributed by atoms with E-state index in [9.17, 15) is 0 Å². The van der Waals surface area contributed by atoms with Crippen LogP contribution in [-0.2, 0) is 4.74 Å². The predicted octanol–water partition coefficient (Wildman–Crippen LogP) is 1.79. The van der Waals surface area contributed by atoms with Gasteiger partial charge in [-0.3, -0.25) is 0 Å². The number of nitrogens with two attached hydrogens (primary N) is 1. The molecule has 0 rings (SSSR count). The molecular weight excluding hydrogens is 138 g/mol. The lowest BCUT2D eigenvalue weighted by atomic mass is 9.85. The summed E-state index contributed by atoms with van der Waals surface area (Å²) >= 11 is 0. The largest absolute Gasteiger partial charge is 0.385 e. The zero-order chi connectivity index (χ0) is 8.91. The third-order valence-electron chi connectivity index (χ3n) is 1.98. The molecule has 1 atom stereocenters. The second kappa shape index (κ2) is 4.73. The Bertz CT molecular complexity index is 96.2. The molecule has 2 N–H and O–H groups in total. The zero-order valence-corrected chi connectivity index (χ0v) is 8.18. The first-order chi connectivity index (χ1) is 4.98. The number of ether oxygens (including phenoxy) is 1. The van der Waals surface area contributed by atoms with E-state index in [4.69, 9.17) is 10.5 Å². The molecule has 0 aromatic rings. The van der Waals surface area contributed by atoms with Gasteiger partial charge in [-0.1, -0.05) is 20.8 Å². The molecule has 0 aromatic carbocycles. The Balaban J connectivity index is 3.44. The van der Waals surface area contributed by atoms with Crippen LogP contribution >= 0.6 is 0 Å². The summed E-state index contributed by atoms with van der Waals surface area (Å²) in [6.07, 6.45) is 2.12. The molecule has 0 spiro atoms. The van der Waals surface area contributed by atoms with Crippen molar-refractivity contribution in [1.82, 2.24) is 0 Å². The van der Waals surface area contributed by atoms with E-state index in [0.29, 0.717) is 0 Å². The van der Waals surface area contributed by atoms with Crippen molar-refractivity contribution in [3.63, 3.8) is 0 Å². The molecule has 0 amide bonds. The van der Waals surface area contributed by atoms with Crippen molar-refractivity contribution in [1.29, 1.82) is 0 Å². The maximum absolute atomic E-state index is 5.94. The molecule has 2 heteroatoms. The average Bonchev–Trinajstić information content (AvgIpc) is 1.86. The lowest BCUT2D eigenvalue weighted by molar-refractivity contribution is 0.181. The topological polar surface area (TPSA) is 35.2 Å². The molecule has 0 saturated heterocycles. The van der Waals surface area contributed by atoms with Crippen molar-refractivity contribution < 1.29 is 4.74 Å². The van der Waals surface area contributed by atoms with Gasteiger partial charge in [-0.2, -0.15) is 0 Å². The van der Waals surface area contributed by atoms with Crippen molar-refractivity contribution in [2.45, 2.75) is 39.7 Å². The summed E-state index contributed by atoms with van der Waals surface area (Å²) in [6.45, 7) is 7.34. The van der Waals surface area contributed by atoms with Gasteiger partial charge in [0.05, 0.1) is 0 Å². The number of rotatable bonds is 4. The standard InChI is InChI=1S/C9H21NO/c1-9(2,3)8(10)6-5-7-11-4/h8H,5-7,10H2,1-4H3/t8-/m0/s1. The Morgan fingerprint density at radius 2 is 1.91 bits per heavy atom. The molecule has 0 bridgehead atoms. The first kappa shape index (κ1) is 10.9. The summed E-state index contributed by atoms with van der Waals surface area (Å²) in [5, 5.41) is 0. The quantitative estimate of drug-likeness (QED) is 0.635. The SMILES string of the molecule is COCCC[C@H](N)C(C)(C)C. The number of methoxy groups -OCH3 is 1. The highest BCUT2D eigenvalue weighted by molar-refractivity contribution is 4.76. The van der Waals surface area contributed by atoms with Gasteiger partial charge in [0.1, 0.15) is 0 Å². The van der Waals surface area contributed by atoms with Crippen LogP contribution in [0, 0.1) is 5.41 Å². The van der Waals surface area contributed by atoms with Gasteiger partial charge in [-0.05, 0) is 18.3 Å². The summed E-state index contributed by atoms with van der Waals surface area (Å²) in [7, 11) is 1.72. The molecule has 68 valence electrons. The normalized spacial score (nSPS) is 15.0. The van der Waals surface area contributed by atoms with Crippen LogP contribution < -0.4 is 5.73 Å².